The van der Waals surface area contributed by atoms with Crippen molar-refractivity contribution >= 4 is 32.5 Å². The lowest BCUT2D eigenvalue weighted by atomic mass is 10.1. The molecule has 1 aromatic heterocycles. The van der Waals surface area contributed by atoms with Gasteiger partial charge in [0.2, 0.25) is 0 Å². The number of hydrogen-bond acceptors (Lipinski definition) is 2. The summed E-state index contributed by atoms with van der Waals surface area (Å²) in [6, 6.07) is 5.09. The molecule has 0 bridgehead atoms. The molecule has 1 aliphatic rings. The zero-order valence-electron chi connectivity index (χ0n) is 8.50. The summed E-state index contributed by atoms with van der Waals surface area (Å²) in [5.41, 5.74) is 7.84. The smallest absolute Gasteiger partial charge is 0.150 e. The highest BCUT2D eigenvalue weighted by molar-refractivity contribution is 9.10. The molecule has 1 aromatic carbocycles. The van der Waals surface area contributed by atoms with Gasteiger partial charge in [-0.05, 0) is 31.0 Å². The van der Waals surface area contributed by atoms with E-state index >= 15 is 0 Å². The molecule has 2 N–H and O–H groups in total. The van der Waals surface area contributed by atoms with E-state index in [4.69, 9.17) is 5.73 Å². The summed E-state index contributed by atoms with van der Waals surface area (Å²) in [6.45, 7) is 0. The summed E-state index contributed by atoms with van der Waals surface area (Å²) in [7, 11) is 0. The second-order valence-electron chi connectivity index (χ2n) is 4.19. The number of nitrogen functional groups attached to an aromatic ring is 1. The third kappa shape index (κ3) is 1.57. The second kappa shape index (κ2) is 3.42. The molecule has 1 fully saturated rings. The Kier molecular flexibility index (Phi) is 2.14. The van der Waals surface area contributed by atoms with Gasteiger partial charge in [-0.3, -0.25) is 0 Å². The van der Waals surface area contributed by atoms with Crippen molar-refractivity contribution < 1.29 is 4.39 Å². The standard InChI is InChI=1S/C12H10BrFN2/c13-7-3-8-10(15)5-11(6-1-2-6)16-12(8)9(14)4-7/h3-6H,1-2H2,(H2,15,16). The Hall–Kier alpha value is -1.16. The van der Waals surface area contributed by atoms with Crippen LogP contribution < -0.4 is 5.73 Å². The monoisotopic (exact) mass is 280 g/mol. The molecule has 16 heavy (non-hydrogen) atoms. The van der Waals surface area contributed by atoms with Gasteiger partial charge < -0.3 is 5.73 Å². The highest BCUT2D eigenvalue weighted by Crippen LogP contribution is 2.41. The summed E-state index contributed by atoms with van der Waals surface area (Å²) in [5.74, 6) is 0.160. The van der Waals surface area contributed by atoms with Crippen LogP contribution in [0.25, 0.3) is 10.9 Å². The number of rotatable bonds is 1. The fourth-order valence-corrected chi connectivity index (χ4v) is 2.32. The first-order valence-electron chi connectivity index (χ1n) is 5.20. The van der Waals surface area contributed by atoms with Crippen LogP contribution >= 0.6 is 15.9 Å². The first kappa shape index (κ1) is 10.0. The number of fused-ring (bicyclic) bond motifs is 1. The summed E-state index contributed by atoms with van der Waals surface area (Å²) in [6.07, 6.45) is 2.27. The molecule has 0 aliphatic heterocycles. The van der Waals surface area contributed by atoms with Gasteiger partial charge in [-0.1, -0.05) is 15.9 Å². The average molecular weight is 281 g/mol. The predicted octanol–water partition coefficient (Wildman–Crippen LogP) is 3.60. The second-order valence-corrected chi connectivity index (χ2v) is 5.11. The van der Waals surface area contributed by atoms with Crippen LogP contribution in [0.4, 0.5) is 10.1 Å². The van der Waals surface area contributed by atoms with Crippen LogP contribution in [0.3, 0.4) is 0 Å². The van der Waals surface area contributed by atoms with Gasteiger partial charge in [0.1, 0.15) is 5.52 Å². The molecular weight excluding hydrogens is 271 g/mol. The van der Waals surface area contributed by atoms with E-state index in [1.807, 2.05) is 6.07 Å². The van der Waals surface area contributed by atoms with E-state index in [2.05, 4.69) is 20.9 Å². The van der Waals surface area contributed by atoms with Crippen molar-refractivity contribution in [2.75, 3.05) is 5.73 Å². The van der Waals surface area contributed by atoms with Crippen LogP contribution in [0, 0.1) is 5.82 Å². The SMILES string of the molecule is Nc1cc(C2CC2)nc2c(F)cc(Br)cc12. The van der Waals surface area contributed by atoms with Gasteiger partial charge in [-0.25, -0.2) is 9.37 Å². The Labute approximate surface area is 101 Å². The molecule has 2 aromatic rings. The fourth-order valence-electron chi connectivity index (χ4n) is 1.89. The minimum Gasteiger partial charge on any atom is -0.398 e. The normalized spacial score (nSPS) is 15.6. The zero-order chi connectivity index (χ0) is 11.3. The molecule has 2 nitrogen and oxygen atoms in total. The number of halogens is 2. The number of aromatic nitrogens is 1. The third-order valence-electron chi connectivity index (χ3n) is 2.88. The number of anilines is 1. The largest absolute Gasteiger partial charge is 0.398 e. The van der Waals surface area contributed by atoms with Crippen LogP contribution in [0.1, 0.15) is 24.5 Å². The van der Waals surface area contributed by atoms with E-state index in [-0.39, 0.29) is 5.82 Å². The van der Waals surface area contributed by atoms with Gasteiger partial charge in [0.15, 0.2) is 5.82 Å². The number of benzene rings is 1. The van der Waals surface area contributed by atoms with Crippen molar-refractivity contribution in [1.82, 2.24) is 4.98 Å². The molecule has 1 saturated carbocycles. The minimum absolute atomic E-state index is 0.321. The molecule has 3 rings (SSSR count). The third-order valence-corrected chi connectivity index (χ3v) is 3.34. The lowest BCUT2D eigenvalue weighted by Crippen LogP contribution is -1.96. The van der Waals surface area contributed by atoms with Gasteiger partial charge in [0, 0.05) is 27.2 Å². The molecule has 0 unspecified atom stereocenters. The number of nitrogens with two attached hydrogens (primary N) is 1. The van der Waals surface area contributed by atoms with Crippen molar-refractivity contribution in [3.05, 3.63) is 34.2 Å². The van der Waals surface area contributed by atoms with Crippen LogP contribution in [0.15, 0.2) is 22.7 Å². The van der Waals surface area contributed by atoms with Crippen LogP contribution in [0.2, 0.25) is 0 Å². The summed E-state index contributed by atoms with van der Waals surface area (Å²) in [4.78, 5) is 4.36. The van der Waals surface area contributed by atoms with Crippen molar-refractivity contribution in [3.63, 3.8) is 0 Å². The van der Waals surface area contributed by atoms with Gasteiger partial charge in [0.05, 0.1) is 0 Å². The van der Waals surface area contributed by atoms with Crippen molar-refractivity contribution in [2.45, 2.75) is 18.8 Å². The van der Waals surface area contributed by atoms with Crippen LogP contribution in [-0.4, -0.2) is 4.98 Å². The summed E-state index contributed by atoms with van der Waals surface area (Å²) in [5, 5.41) is 0.677. The van der Waals surface area contributed by atoms with E-state index in [1.165, 1.54) is 6.07 Å². The molecule has 0 radical (unpaired) electrons. The molecular formula is C12H10BrFN2. The number of pyridine rings is 1. The maximum Gasteiger partial charge on any atom is 0.150 e. The van der Waals surface area contributed by atoms with Crippen LogP contribution in [0.5, 0.6) is 0 Å². The molecule has 0 spiro atoms. The van der Waals surface area contributed by atoms with Gasteiger partial charge in [0.25, 0.3) is 0 Å². The topological polar surface area (TPSA) is 38.9 Å². The Morgan fingerprint density at radius 3 is 2.75 bits per heavy atom. The predicted molar refractivity (Wildman–Crippen MR) is 65.8 cm³/mol. The van der Waals surface area contributed by atoms with E-state index in [0.717, 1.165) is 18.5 Å². The van der Waals surface area contributed by atoms with Crippen molar-refractivity contribution in [1.29, 1.82) is 0 Å². The van der Waals surface area contributed by atoms with E-state index < -0.39 is 0 Å². The van der Waals surface area contributed by atoms with Gasteiger partial charge in [-0.15, -0.1) is 0 Å². The van der Waals surface area contributed by atoms with Gasteiger partial charge in [-0.2, -0.15) is 0 Å². The number of hydrogen-bond donors (Lipinski definition) is 1. The van der Waals surface area contributed by atoms with E-state index in [1.54, 1.807) is 6.07 Å². The molecule has 0 amide bonds. The first-order valence-corrected chi connectivity index (χ1v) is 5.99. The van der Waals surface area contributed by atoms with Crippen LogP contribution in [-0.2, 0) is 0 Å². The maximum absolute atomic E-state index is 13.7. The Morgan fingerprint density at radius 2 is 2.06 bits per heavy atom. The van der Waals surface area contributed by atoms with E-state index in [0.29, 0.717) is 27.0 Å². The lowest BCUT2D eigenvalue weighted by Gasteiger charge is -2.06. The first-order chi connectivity index (χ1) is 7.65. The zero-order valence-corrected chi connectivity index (χ0v) is 10.1. The molecule has 0 atom stereocenters. The molecule has 1 aliphatic carbocycles. The Morgan fingerprint density at radius 1 is 1.31 bits per heavy atom. The highest BCUT2D eigenvalue weighted by Gasteiger charge is 2.26. The molecule has 4 heteroatoms. The van der Waals surface area contributed by atoms with Crippen molar-refractivity contribution in [3.8, 4) is 0 Å². The highest BCUT2D eigenvalue weighted by atomic mass is 79.9. The van der Waals surface area contributed by atoms with E-state index in [9.17, 15) is 4.39 Å². The Balaban J connectivity index is 2.32. The Bertz CT molecular complexity index is 579. The maximum atomic E-state index is 13.7. The lowest BCUT2D eigenvalue weighted by molar-refractivity contribution is 0.635. The quantitative estimate of drug-likeness (QED) is 0.867. The molecule has 82 valence electrons. The minimum atomic E-state index is -0.321. The summed E-state index contributed by atoms with van der Waals surface area (Å²) < 4.78 is 14.4. The molecule has 0 saturated heterocycles. The fraction of sp³-hybridized carbons (Fsp3) is 0.250. The molecule has 1 heterocycles. The number of nitrogens with zero attached hydrogens (tertiary/aromatic N) is 1. The van der Waals surface area contributed by atoms with Gasteiger partial charge >= 0.3 is 0 Å². The average Bonchev–Trinajstić information content (AvgIpc) is 3.02. The van der Waals surface area contributed by atoms with Crippen molar-refractivity contribution in [2.24, 2.45) is 0 Å². The summed E-state index contributed by atoms with van der Waals surface area (Å²) >= 11 is 3.25.